The Morgan fingerprint density at radius 3 is 2.82 bits per heavy atom. The van der Waals surface area contributed by atoms with Crippen LogP contribution in [0.5, 0.6) is 0 Å². The van der Waals surface area contributed by atoms with Gasteiger partial charge < -0.3 is 9.30 Å². The summed E-state index contributed by atoms with van der Waals surface area (Å²) < 4.78 is 7.17. The van der Waals surface area contributed by atoms with Gasteiger partial charge in [-0.3, -0.25) is 0 Å². The molecule has 1 aliphatic carbocycles. The van der Waals surface area contributed by atoms with Crippen molar-refractivity contribution in [3.05, 3.63) is 42.1 Å². The zero-order valence-electron chi connectivity index (χ0n) is 13.2. The molecule has 3 heteroatoms. The molecule has 0 spiro atoms. The van der Waals surface area contributed by atoms with Crippen molar-refractivity contribution in [1.82, 2.24) is 4.57 Å². The van der Waals surface area contributed by atoms with E-state index in [4.69, 9.17) is 4.74 Å². The van der Waals surface area contributed by atoms with E-state index in [1.165, 1.54) is 39.2 Å². The van der Waals surface area contributed by atoms with Crippen LogP contribution < -0.4 is 0 Å². The van der Waals surface area contributed by atoms with Crippen LogP contribution in [-0.4, -0.2) is 17.6 Å². The van der Waals surface area contributed by atoms with Crippen molar-refractivity contribution in [1.29, 1.82) is 0 Å². The quantitative estimate of drug-likeness (QED) is 0.769. The molecule has 0 atom stereocenters. The van der Waals surface area contributed by atoms with E-state index >= 15 is 0 Å². The molecular weight excluding hydrogens is 274 g/mol. The first-order valence-corrected chi connectivity index (χ1v) is 8.06. The fourth-order valence-corrected chi connectivity index (χ4v) is 3.51. The highest BCUT2D eigenvalue weighted by Gasteiger charge is 2.19. The van der Waals surface area contributed by atoms with Crippen LogP contribution in [0.4, 0.5) is 0 Å². The molecule has 1 aliphatic rings. The predicted octanol–water partition coefficient (Wildman–Crippen LogP) is 4.65. The number of carbonyl (C=O) groups excluding carboxylic acids is 1. The van der Waals surface area contributed by atoms with E-state index in [-0.39, 0.29) is 5.97 Å². The summed E-state index contributed by atoms with van der Waals surface area (Å²) in [4.78, 5) is 12.1. The predicted molar refractivity (Wildman–Crippen MR) is 89.9 cm³/mol. The number of benzene rings is 1. The highest BCUT2D eigenvalue weighted by Crippen LogP contribution is 2.29. The minimum absolute atomic E-state index is 0.270. The van der Waals surface area contributed by atoms with Crippen LogP contribution in [0.25, 0.3) is 17.0 Å². The second kappa shape index (κ2) is 6.39. The Hall–Kier alpha value is -2.03. The highest BCUT2D eigenvalue weighted by molar-refractivity contribution is 6.04. The third-order valence-electron chi connectivity index (χ3n) is 4.73. The Morgan fingerprint density at radius 2 is 2.14 bits per heavy atom. The summed E-state index contributed by atoms with van der Waals surface area (Å²) in [6.45, 7) is 4.80. The molecule has 22 heavy (non-hydrogen) atoms. The van der Waals surface area contributed by atoms with E-state index in [9.17, 15) is 4.79 Å². The number of hydrogen-bond acceptors (Lipinski definition) is 2. The second-order valence-corrected chi connectivity index (χ2v) is 6.17. The van der Waals surface area contributed by atoms with Crippen molar-refractivity contribution in [2.45, 2.75) is 38.6 Å². The fraction of sp³-hybridized carbons (Fsp3) is 0.421. The van der Waals surface area contributed by atoms with Crippen molar-refractivity contribution in [2.24, 2.45) is 5.92 Å². The van der Waals surface area contributed by atoms with Crippen LogP contribution in [0.15, 0.2) is 31.0 Å². The van der Waals surface area contributed by atoms with Gasteiger partial charge in [-0.25, -0.2) is 4.79 Å². The number of hydrogen-bond donors (Lipinski definition) is 0. The van der Waals surface area contributed by atoms with Gasteiger partial charge >= 0.3 is 5.97 Å². The monoisotopic (exact) mass is 297 g/mol. The molecule has 0 amide bonds. The number of rotatable bonds is 4. The molecule has 0 N–H and O–H groups in total. The molecule has 1 fully saturated rings. The van der Waals surface area contributed by atoms with Gasteiger partial charge in [0.25, 0.3) is 0 Å². The molecule has 1 aromatic carbocycles. The van der Waals surface area contributed by atoms with E-state index in [2.05, 4.69) is 17.2 Å². The molecule has 3 rings (SSSR count). The summed E-state index contributed by atoms with van der Waals surface area (Å²) in [6, 6.07) is 6.15. The number of aromatic nitrogens is 1. The van der Waals surface area contributed by atoms with Crippen molar-refractivity contribution < 1.29 is 9.53 Å². The number of fused-ring (bicyclic) bond motifs is 1. The van der Waals surface area contributed by atoms with Crippen LogP contribution in [0, 0.1) is 5.92 Å². The van der Waals surface area contributed by atoms with Gasteiger partial charge in [-0.05, 0) is 36.5 Å². The first-order chi connectivity index (χ1) is 10.7. The lowest BCUT2D eigenvalue weighted by Crippen LogP contribution is -2.13. The summed E-state index contributed by atoms with van der Waals surface area (Å²) in [5.41, 5.74) is 2.78. The lowest BCUT2D eigenvalue weighted by Gasteiger charge is -2.22. The minimum atomic E-state index is -0.270. The zero-order valence-corrected chi connectivity index (χ0v) is 13.2. The Kier molecular flexibility index (Phi) is 4.32. The summed E-state index contributed by atoms with van der Waals surface area (Å²) in [5, 5.41) is 0.958. The van der Waals surface area contributed by atoms with Gasteiger partial charge in [0.2, 0.25) is 0 Å². The number of esters is 1. The minimum Gasteiger partial charge on any atom is -0.465 e. The lowest BCUT2D eigenvalue weighted by molar-refractivity contribution is 0.0602. The van der Waals surface area contributed by atoms with Crippen LogP contribution >= 0.6 is 0 Å². The summed E-state index contributed by atoms with van der Waals surface area (Å²) in [7, 11) is 1.43. The van der Waals surface area contributed by atoms with Gasteiger partial charge in [0.15, 0.2) is 0 Å². The van der Waals surface area contributed by atoms with Crippen LogP contribution in [-0.2, 0) is 11.3 Å². The molecular formula is C19H23NO2. The molecule has 1 aromatic heterocycles. The standard InChI is InChI=1S/C19H23NO2/c1-3-14-9-10-18-16(11-14)17(19(21)22-2)13-20(18)12-15-7-5-4-6-8-15/h3,9-11,13,15H,1,4-8,12H2,2H3. The highest BCUT2D eigenvalue weighted by atomic mass is 16.5. The van der Waals surface area contributed by atoms with E-state index in [0.29, 0.717) is 11.5 Å². The summed E-state index contributed by atoms with van der Waals surface area (Å²) >= 11 is 0. The van der Waals surface area contributed by atoms with Crippen LogP contribution in [0.2, 0.25) is 0 Å². The molecule has 116 valence electrons. The average Bonchev–Trinajstić information content (AvgIpc) is 2.93. The Balaban J connectivity index is 2.01. The third kappa shape index (κ3) is 2.80. The van der Waals surface area contributed by atoms with Crippen LogP contribution in [0.1, 0.15) is 48.0 Å². The van der Waals surface area contributed by atoms with E-state index in [1.54, 1.807) is 6.08 Å². The van der Waals surface area contributed by atoms with Gasteiger partial charge in [-0.15, -0.1) is 0 Å². The maximum absolute atomic E-state index is 12.1. The SMILES string of the molecule is C=Cc1ccc2c(c1)c(C(=O)OC)cn2CC1CCCCC1. The number of ether oxygens (including phenoxy) is 1. The summed E-state index contributed by atoms with van der Waals surface area (Å²) in [5.74, 6) is 0.447. The van der Waals surface area contributed by atoms with Crippen molar-refractivity contribution in [3.63, 3.8) is 0 Å². The van der Waals surface area contributed by atoms with Gasteiger partial charge in [0.05, 0.1) is 12.7 Å². The first-order valence-electron chi connectivity index (χ1n) is 8.06. The van der Waals surface area contributed by atoms with Gasteiger partial charge in [0, 0.05) is 23.6 Å². The zero-order chi connectivity index (χ0) is 15.5. The molecule has 0 radical (unpaired) electrons. The maximum Gasteiger partial charge on any atom is 0.340 e. The average molecular weight is 297 g/mol. The molecule has 0 saturated heterocycles. The molecule has 2 aromatic rings. The number of methoxy groups -OCH3 is 1. The molecule has 3 nitrogen and oxygen atoms in total. The van der Waals surface area contributed by atoms with Gasteiger partial charge in [-0.1, -0.05) is 38.0 Å². The van der Waals surface area contributed by atoms with Crippen LogP contribution in [0.3, 0.4) is 0 Å². The molecule has 0 bridgehead atoms. The van der Waals surface area contributed by atoms with E-state index in [0.717, 1.165) is 23.0 Å². The second-order valence-electron chi connectivity index (χ2n) is 6.17. The van der Waals surface area contributed by atoms with E-state index in [1.807, 2.05) is 18.3 Å². The Bertz CT molecular complexity index is 693. The normalized spacial score (nSPS) is 15.9. The maximum atomic E-state index is 12.1. The molecule has 1 saturated carbocycles. The van der Waals surface area contributed by atoms with Crippen molar-refractivity contribution in [2.75, 3.05) is 7.11 Å². The molecule has 0 unspecified atom stereocenters. The Morgan fingerprint density at radius 1 is 1.36 bits per heavy atom. The largest absolute Gasteiger partial charge is 0.465 e. The number of nitrogens with zero attached hydrogens (tertiary/aromatic N) is 1. The Labute approximate surface area is 131 Å². The van der Waals surface area contributed by atoms with Crippen molar-refractivity contribution in [3.8, 4) is 0 Å². The molecule has 0 aliphatic heterocycles. The topological polar surface area (TPSA) is 31.2 Å². The van der Waals surface area contributed by atoms with Crippen molar-refractivity contribution >= 4 is 22.9 Å². The smallest absolute Gasteiger partial charge is 0.340 e. The number of carbonyl (C=O) groups is 1. The lowest BCUT2D eigenvalue weighted by atomic mass is 9.89. The van der Waals surface area contributed by atoms with Gasteiger partial charge in [-0.2, -0.15) is 0 Å². The fourth-order valence-electron chi connectivity index (χ4n) is 3.51. The first kappa shape index (κ1) is 14.9. The van der Waals surface area contributed by atoms with E-state index < -0.39 is 0 Å². The third-order valence-corrected chi connectivity index (χ3v) is 4.73. The molecule has 1 heterocycles. The summed E-state index contributed by atoms with van der Waals surface area (Å²) in [6.07, 6.45) is 10.4. The van der Waals surface area contributed by atoms with Gasteiger partial charge in [0.1, 0.15) is 0 Å².